The summed E-state index contributed by atoms with van der Waals surface area (Å²) in [4.78, 5) is 19.1. The zero-order valence-electron chi connectivity index (χ0n) is 15.3. The van der Waals surface area contributed by atoms with Crippen molar-refractivity contribution in [3.05, 3.63) is 58.5 Å². The molecule has 3 aromatic rings. The van der Waals surface area contributed by atoms with Crippen LogP contribution in [-0.2, 0) is 23.0 Å². The molecular formula is C19H19N5O3. The molecule has 0 aliphatic carbocycles. The van der Waals surface area contributed by atoms with Crippen molar-refractivity contribution in [2.75, 3.05) is 14.2 Å². The summed E-state index contributed by atoms with van der Waals surface area (Å²) in [5.74, 6) is 1.05. The summed E-state index contributed by atoms with van der Waals surface area (Å²) in [5, 5.41) is 3.51. The molecule has 2 aromatic carbocycles. The quantitative estimate of drug-likeness (QED) is 0.288. The van der Waals surface area contributed by atoms with Crippen molar-refractivity contribution >= 4 is 17.0 Å². The molecule has 0 aliphatic rings. The van der Waals surface area contributed by atoms with E-state index in [-0.39, 0.29) is 6.42 Å². The SMILES string of the molecule is COC(=O)C(Cc1ccc(-c2nc3ccc(OC)cc3n2C)cc1)N=[N+]=[N-]. The molecule has 0 aliphatic heterocycles. The first-order valence-corrected chi connectivity index (χ1v) is 8.29. The lowest BCUT2D eigenvalue weighted by molar-refractivity contribution is -0.142. The summed E-state index contributed by atoms with van der Waals surface area (Å²) >= 11 is 0. The Balaban J connectivity index is 1.89. The van der Waals surface area contributed by atoms with Crippen LogP contribution in [0, 0.1) is 0 Å². The number of aromatic nitrogens is 2. The van der Waals surface area contributed by atoms with Crippen molar-refractivity contribution in [3.63, 3.8) is 0 Å². The van der Waals surface area contributed by atoms with Gasteiger partial charge in [0.15, 0.2) is 0 Å². The van der Waals surface area contributed by atoms with E-state index in [2.05, 4.69) is 19.7 Å². The number of nitrogens with zero attached hydrogens (tertiary/aromatic N) is 5. The summed E-state index contributed by atoms with van der Waals surface area (Å²) in [6, 6.07) is 12.5. The third kappa shape index (κ3) is 3.70. The molecule has 0 spiro atoms. The Morgan fingerprint density at radius 1 is 1.26 bits per heavy atom. The number of hydrogen-bond acceptors (Lipinski definition) is 5. The second kappa shape index (κ2) is 7.80. The highest BCUT2D eigenvalue weighted by atomic mass is 16.5. The number of esters is 1. The highest BCUT2D eigenvalue weighted by Gasteiger charge is 2.18. The van der Waals surface area contributed by atoms with Crippen LogP contribution in [0.25, 0.3) is 32.9 Å². The van der Waals surface area contributed by atoms with Gasteiger partial charge in [0.25, 0.3) is 0 Å². The zero-order valence-corrected chi connectivity index (χ0v) is 15.3. The fourth-order valence-corrected chi connectivity index (χ4v) is 2.94. The molecule has 1 atom stereocenters. The molecule has 0 saturated heterocycles. The molecule has 0 bridgehead atoms. The molecule has 1 aromatic heterocycles. The number of azide groups is 1. The Labute approximate surface area is 156 Å². The van der Waals surface area contributed by atoms with Gasteiger partial charge in [-0.3, -0.25) is 4.79 Å². The third-order valence-electron chi connectivity index (χ3n) is 4.39. The van der Waals surface area contributed by atoms with E-state index in [9.17, 15) is 4.79 Å². The summed E-state index contributed by atoms with van der Waals surface area (Å²) in [5.41, 5.74) is 12.3. The number of benzene rings is 2. The van der Waals surface area contributed by atoms with Crippen LogP contribution in [0.1, 0.15) is 5.56 Å². The van der Waals surface area contributed by atoms with Gasteiger partial charge in [0.2, 0.25) is 0 Å². The maximum absolute atomic E-state index is 11.7. The van der Waals surface area contributed by atoms with Gasteiger partial charge in [-0.15, -0.1) is 0 Å². The molecule has 8 nitrogen and oxygen atoms in total. The van der Waals surface area contributed by atoms with Gasteiger partial charge >= 0.3 is 5.97 Å². The molecule has 3 rings (SSSR count). The minimum absolute atomic E-state index is 0.275. The lowest BCUT2D eigenvalue weighted by atomic mass is 10.0. The van der Waals surface area contributed by atoms with E-state index < -0.39 is 12.0 Å². The molecule has 1 unspecified atom stereocenters. The molecule has 0 N–H and O–H groups in total. The number of hydrogen-bond donors (Lipinski definition) is 0. The Bertz CT molecular complexity index is 1020. The predicted molar refractivity (Wildman–Crippen MR) is 101 cm³/mol. The normalized spacial score (nSPS) is 11.7. The zero-order chi connectivity index (χ0) is 19.4. The molecule has 138 valence electrons. The number of carbonyl (C=O) groups is 1. The number of imidazole rings is 1. The number of aryl methyl sites for hydroxylation is 1. The molecule has 0 fully saturated rings. The molecule has 0 amide bonds. The van der Waals surface area contributed by atoms with Gasteiger partial charge in [0.1, 0.15) is 17.6 Å². The van der Waals surface area contributed by atoms with Crippen LogP contribution < -0.4 is 4.74 Å². The molecule has 8 heteroatoms. The van der Waals surface area contributed by atoms with Crippen molar-refractivity contribution in [3.8, 4) is 17.1 Å². The van der Waals surface area contributed by atoms with Gasteiger partial charge in [-0.25, -0.2) is 4.98 Å². The highest BCUT2D eigenvalue weighted by Crippen LogP contribution is 2.27. The summed E-state index contributed by atoms with van der Waals surface area (Å²) in [7, 11) is 4.86. The van der Waals surface area contributed by atoms with Crippen LogP contribution in [0.15, 0.2) is 47.6 Å². The minimum Gasteiger partial charge on any atom is -0.497 e. The van der Waals surface area contributed by atoms with Crippen molar-refractivity contribution < 1.29 is 14.3 Å². The van der Waals surface area contributed by atoms with Crippen LogP contribution in [0.5, 0.6) is 5.75 Å². The first kappa shape index (κ1) is 18.3. The monoisotopic (exact) mass is 365 g/mol. The Morgan fingerprint density at radius 3 is 2.63 bits per heavy atom. The van der Waals surface area contributed by atoms with E-state index >= 15 is 0 Å². The summed E-state index contributed by atoms with van der Waals surface area (Å²) in [6.07, 6.45) is 0.275. The van der Waals surface area contributed by atoms with Crippen LogP contribution in [0.3, 0.4) is 0 Å². The minimum atomic E-state index is -0.880. The summed E-state index contributed by atoms with van der Waals surface area (Å²) < 4.78 is 12.0. The lowest BCUT2D eigenvalue weighted by Crippen LogP contribution is -2.22. The number of carbonyl (C=O) groups excluding carboxylic acids is 1. The van der Waals surface area contributed by atoms with Gasteiger partial charge in [0, 0.05) is 23.6 Å². The standard InChI is InChI=1S/C19H19N5O3/c1-24-17-11-14(26-2)8-9-15(17)21-18(24)13-6-4-12(5-7-13)10-16(22-23-20)19(25)27-3/h4-9,11,16H,10H2,1-3H3. The van der Waals surface area contributed by atoms with E-state index in [1.54, 1.807) is 7.11 Å². The van der Waals surface area contributed by atoms with Crippen molar-refractivity contribution in [1.29, 1.82) is 0 Å². The molecule has 27 heavy (non-hydrogen) atoms. The third-order valence-corrected chi connectivity index (χ3v) is 4.39. The fraction of sp³-hybridized carbons (Fsp3) is 0.263. The average Bonchev–Trinajstić information content (AvgIpc) is 3.03. The molecule has 0 saturated carbocycles. The Kier molecular flexibility index (Phi) is 5.28. The van der Waals surface area contributed by atoms with E-state index in [1.165, 1.54) is 7.11 Å². The average molecular weight is 365 g/mol. The Hall–Kier alpha value is -3.51. The van der Waals surface area contributed by atoms with E-state index in [4.69, 9.17) is 10.3 Å². The van der Waals surface area contributed by atoms with Crippen molar-refractivity contribution in [1.82, 2.24) is 9.55 Å². The first-order chi connectivity index (χ1) is 13.1. The van der Waals surface area contributed by atoms with Gasteiger partial charge in [-0.05, 0) is 29.6 Å². The summed E-state index contributed by atoms with van der Waals surface area (Å²) in [6.45, 7) is 0. The first-order valence-electron chi connectivity index (χ1n) is 8.29. The number of ether oxygens (including phenoxy) is 2. The van der Waals surface area contributed by atoms with Gasteiger partial charge in [0.05, 0.1) is 25.3 Å². The van der Waals surface area contributed by atoms with Crippen LogP contribution >= 0.6 is 0 Å². The number of methoxy groups -OCH3 is 2. The smallest absolute Gasteiger partial charge is 0.314 e. The van der Waals surface area contributed by atoms with E-state index in [1.807, 2.05) is 54.1 Å². The van der Waals surface area contributed by atoms with Crippen LogP contribution in [0.2, 0.25) is 0 Å². The number of rotatable bonds is 6. The van der Waals surface area contributed by atoms with Crippen LogP contribution in [-0.4, -0.2) is 35.8 Å². The maximum Gasteiger partial charge on any atom is 0.314 e. The molecule has 0 radical (unpaired) electrons. The molecular weight excluding hydrogens is 346 g/mol. The number of fused-ring (bicyclic) bond motifs is 1. The van der Waals surface area contributed by atoms with Gasteiger partial charge in [-0.2, -0.15) is 0 Å². The van der Waals surface area contributed by atoms with Gasteiger partial charge < -0.3 is 14.0 Å². The highest BCUT2D eigenvalue weighted by molar-refractivity contribution is 5.82. The largest absolute Gasteiger partial charge is 0.497 e. The Morgan fingerprint density at radius 2 is 2.00 bits per heavy atom. The fourth-order valence-electron chi connectivity index (χ4n) is 2.94. The van der Waals surface area contributed by atoms with Crippen molar-refractivity contribution in [2.24, 2.45) is 12.2 Å². The van der Waals surface area contributed by atoms with Crippen LogP contribution in [0.4, 0.5) is 0 Å². The van der Waals surface area contributed by atoms with Crippen molar-refractivity contribution in [2.45, 2.75) is 12.5 Å². The van der Waals surface area contributed by atoms with E-state index in [0.717, 1.165) is 33.7 Å². The second-order valence-corrected chi connectivity index (χ2v) is 5.99. The lowest BCUT2D eigenvalue weighted by Gasteiger charge is -2.09. The maximum atomic E-state index is 11.7. The topological polar surface area (TPSA) is 102 Å². The molecule has 1 heterocycles. The predicted octanol–water partition coefficient (Wildman–Crippen LogP) is 3.64. The van der Waals surface area contributed by atoms with Gasteiger partial charge in [-0.1, -0.05) is 29.4 Å². The second-order valence-electron chi connectivity index (χ2n) is 5.99. The van der Waals surface area contributed by atoms with E-state index in [0.29, 0.717) is 0 Å².